The summed E-state index contributed by atoms with van der Waals surface area (Å²) in [5.74, 6) is 1.22. The molecule has 6 nitrogen and oxygen atoms in total. The summed E-state index contributed by atoms with van der Waals surface area (Å²) >= 11 is 0. The zero-order valence-corrected chi connectivity index (χ0v) is 10.7. The zero-order valence-electron chi connectivity index (χ0n) is 10.7. The summed E-state index contributed by atoms with van der Waals surface area (Å²) in [6.07, 6.45) is 3.26. The van der Waals surface area contributed by atoms with Crippen molar-refractivity contribution >= 4 is 5.84 Å². The van der Waals surface area contributed by atoms with Gasteiger partial charge in [-0.2, -0.15) is 5.10 Å². The van der Waals surface area contributed by atoms with E-state index in [0.717, 1.165) is 38.4 Å². The molecule has 17 heavy (non-hydrogen) atoms. The molecular weight excluding hydrogens is 216 g/mol. The Bertz CT molecular complexity index is 345. The Morgan fingerprint density at radius 1 is 1.53 bits per heavy atom. The zero-order chi connectivity index (χ0) is 12.7. The molecule has 1 aromatic rings. The number of nitrogens with one attached hydrogen (secondary N) is 1. The van der Waals surface area contributed by atoms with Crippen LogP contribution in [0.3, 0.4) is 0 Å². The topological polar surface area (TPSA) is 83.8 Å². The molecule has 0 aliphatic rings. The minimum absolute atomic E-state index is 0.235. The van der Waals surface area contributed by atoms with E-state index < -0.39 is 0 Å². The van der Waals surface area contributed by atoms with Crippen LogP contribution in [0.4, 0.5) is 0 Å². The summed E-state index contributed by atoms with van der Waals surface area (Å²) < 4.78 is 1.94. The van der Waals surface area contributed by atoms with Crippen LogP contribution < -0.4 is 5.73 Å². The fourth-order valence-electron chi connectivity index (χ4n) is 1.64. The molecule has 0 aliphatic heterocycles. The Kier molecular flexibility index (Phi) is 5.62. The number of aromatic nitrogens is 3. The molecule has 0 aliphatic carbocycles. The number of nitrogens with zero attached hydrogens (tertiary/aromatic N) is 4. The van der Waals surface area contributed by atoms with Crippen molar-refractivity contribution in [1.29, 1.82) is 5.41 Å². The van der Waals surface area contributed by atoms with E-state index in [-0.39, 0.29) is 5.84 Å². The van der Waals surface area contributed by atoms with Crippen molar-refractivity contribution in [3.8, 4) is 0 Å². The molecule has 0 spiro atoms. The second-order valence-corrected chi connectivity index (χ2v) is 4.04. The van der Waals surface area contributed by atoms with E-state index in [0.29, 0.717) is 6.42 Å². The third kappa shape index (κ3) is 4.52. The highest BCUT2D eigenvalue weighted by molar-refractivity contribution is 5.76. The van der Waals surface area contributed by atoms with Gasteiger partial charge in [0.2, 0.25) is 0 Å². The number of hydrogen-bond acceptors (Lipinski definition) is 4. The van der Waals surface area contributed by atoms with Gasteiger partial charge in [-0.1, -0.05) is 13.8 Å². The lowest BCUT2D eigenvalue weighted by atomic mass is 10.3. The number of aryl methyl sites for hydroxylation is 1. The fraction of sp³-hybridized carbons (Fsp3) is 0.727. The SMILES string of the molecule is CCCn1ncnc1CN(CC)CCC(=N)N. The third-order valence-electron chi connectivity index (χ3n) is 2.64. The maximum atomic E-state index is 7.24. The average molecular weight is 238 g/mol. The second-order valence-electron chi connectivity index (χ2n) is 4.04. The van der Waals surface area contributed by atoms with Crippen molar-refractivity contribution in [2.45, 2.75) is 39.8 Å². The number of amidine groups is 1. The molecule has 0 bridgehead atoms. The van der Waals surface area contributed by atoms with Crippen molar-refractivity contribution in [3.63, 3.8) is 0 Å². The van der Waals surface area contributed by atoms with Crippen molar-refractivity contribution < 1.29 is 0 Å². The number of hydrogen-bond donors (Lipinski definition) is 2. The van der Waals surface area contributed by atoms with E-state index in [1.165, 1.54) is 0 Å². The van der Waals surface area contributed by atoms with Gasteiger partial charge in [0.15, 0.2) is 0 Å². The minimum Gasteiger partial charge on any atom is -0.388 e. The monoisotopic (exact) mass is 238 g/mol. The first-order chi connectivity index (χ1) is 8.17. The van der Waals surface area contributed by atoms with Gasteiger partial charge < -0.3 is 5.73 Å². The van der Waals surface area contributed by atoms with Crippen LogP contribution in [-0.4, -0.2) is 38.6 Å². The molecule has 0 aromatic carbocycles. The highest BCUT2D eigenvalue weighted by Crippen LogP contribution is 2.02. The molecule has 1 aromatic heterocycles. The van der Waals surface area contributed by atoms with Gasteiger partial charge in [0.05, 0.1) is 12.4 Å². The molecule has 0 atom stereocenters. The standard InChI is InChI=1S/C11H22N6/c1-3-6-17-11(14-9-15-17)8-16(4-2)7-5-10(12)13/h9H,3-8H2,1-2H3,(H3,12,13). The molecule has 0 fully saturated rings. The van der Waals surface area contributed by atoms with Crippen LogP contribution in [0, 0.1) is 5.41 Å². The maximum absolute atomic E-state index is 7.24. The Morgan fingerprint density at radius 3 is 2.88 bits per heavy atom. The van der Waals surface area contributed by atoms with E-state index >= 15 is 0 Å². The van der Waals surface area contributed by atoms with Crippen molar-refractivity contribution in [3.05, 3.63) is 12.2 Å². The number of rotatable bonds is 8. The minimum atomic E-state index is 0.235. The van der Waals surface area contributed by atoms with Crippen LogP contribution in [0.5, 0.6) is 0 Å². The van der Waals surface area contributed by atoms with Crippen LogP contribution in [0.15, 0.2) is 6.33 Å². The summed E-state index contributed by atoms with van der Waals surface area (Å²) in [6.45, 7) is 7.61. The molecule has 0 saturated carbocycles. The van der Waals surface area contributed by atoms with E-state index in [9.17, 15) is 0 Å². The predicted octanol–water partition coefficient (Wildman–Crippen LogP) is 0.836. The molecule has 0 radical (unpaired) electrons. The summed E-state index contributed by atoms with van der Waals surface area (Å²) in [5.41, 5.74) is 5.37. The van der Waals surface area contributed by atoms with Gasteiger partial charge in [0.1, 0.15) is 12.2 Å². The van der Waals surface area contributed by atoms with Gasteiger partial charge in [-0.05, 0) is 13.0 Å². The van der Waals surface area contributed by atoms with Crippen LogP contribution in [0.25, 0.3) is 0 Å². The number of nitrogens with two attached hydrogens (primary N) is 1. The predicted molar refractivity (Wildman–Crippen MR) is 67.8 cm³/mol. The Labute approximate surface area is 102 Å². The van der Waals surface area contributed by atoms with Crippen molar-refractivity contribution in [2.75, 3.05) is 13.1 Å². The molecule has 1 rings (SSSR count). The quantitative estimate of drug-likeness (QED) is 0.519. The highest BCUT2D eigenvalue weighted by atomic mass is 15.3. The normalized spacial score (nSPS) is 11.0. The fourth-order valence-corrected chi connectivity index (χ4v) is 1.64. The Balaban J connectivity index is 2.54. The molecule has 96 valence electrons. The highest BCUT2D eigenvalue weighted by Gasteiger charge is 2.09. The first-order valence-corrected chi connectivity index (χ1v) is 6.09. The molecule has 0 saturated heterocycles. The lowest BCUT2D eigenvalue weighted by molar-refractivity contribution is 0.274. The maximum Gasteiger partial charge on any atom is 0.141 e. The van der Waals surface area contributed by atoms with Gasteiger partial charge in [-0.25, -0.2) is 9.67 Å². The van der Waals surface area contributed by atoms with Gasteiger partial charge in [-0.15, -0.1) is 0 Å². The lowest BCUT2D eigenvalue weighted by Gasteiger charge is -2.19. The molecule has 0 amide bonds. The van der Waals surface area contributed by atoms with E-state index in [1.54, 1.807) is 6.33 Å². The molecule has 1 heterocycles. The molecule has 0 unspecified atom stereocenters. The summed E-state index contributed by atoms with van der Waals surface area (Å²) in [7, 11) is 0. The van der Waals surface area contributed by atoms with Crippen molar-refractivity contribution in [2.24, 2.45) is 5.73 Å². The Hall–Kier alpha value is -1.43. The van der Waals surface area contributed by atoms with E-state index in [4.69, 9.17) is 11.1 Å². The summed E-state index contributed by atoms with van der Waals surface area (Å²) in [5, 5.41) is 11.4. The summed E-state index contributed by atoms with van der Waals surface area (Å²) in [4.78, 5) is 6.49. The summed E-state index contributed by atoms with van der Waals surface area (Å²) in [6, 6.07) is 0. The Morgan fingerprint density at radius 2 is 2.29 bits per heavy atom. The van der Waals surface area contributed by atoms with Gasteiger partial charge in [0, 0.05) is 19.5 Å². The van der Waals surface area contributed by atoms with Gasteiger partial charge in [-0.3, -0.25) is 10.3 Å². The van der Waals surface area contributed by atoms with Gasteiger partial charge in [0.25, 0.3) is 0 Å². The molecule has 6 heteroatoms. The lowest BCUT2D eigenvalue weighted by Crippen LogP contribution is -2.29. The first kappa shape index (κ1) is 13.6. The smallest absolute Gasteiger partial charge is 0.141 e. The third-order valence-corrected chi connectivity index (χ3v) is 2.64. The van der Waals surface area contributed by atoms with Crippen LogP contribution in [0.1, 0.15) is 32.5 Å². The largest absolute Gasteiger partial charge is 0.388 e. The molecule has 3 N–H and O–H groups in total. The average Bonchev–Trinajstić information content (AvgIpc) is 2.72. The van der Waals surface area contributed by atoms with Crippen molar-refractivity contribution in [1.82, 2.24) is 19.7 Å². The van der Waals surface area contributed by atoms with Crippen LogP contribution >= 0.6 is 0 Å². The first-order valence-electron chi connectivity index (χ1n) is 6.09. The van der Waals surface area contributed by atoms with Crippen LogP contribution in [0.2, 0.25) is 0 Å². The second kappa shape index (κ2) is 7.01. The van der Waals surface area contributed by atoms with Gasteiger partial charge >= 0.3 is 0 Å². The molecular formula is C11H22N6. The van der Waals surface area contributed by atoms with Crippen LogP contribution in [-0.2, 0) is 13.1 Å². The van der Waals surface area contributed by atoms with E-state index in [2.05, 4.69) is 28.8 Å². The van der Waals surface area contributed by atoms with E-state index in [1.807, 2.05) is 4.68 Å².